The van der Waals surface area contributed by atoms with Crippen LogP contribution in [0, 0.1) is 0 Å². The lowest BCUT2D eigenvalue weighted by molar-refractivity contribution is 1.28. The molecule has 6 aromatic carbocycles. The zero-order valence-electron chi connectivity index (χ0n) is 21.1. The Morgan fingerprint density at radius 1 is 0.308 bits per heavy atom. The fraction of sp³-hybridized carbons (Fsp3) is 0. The largest absolute Gasteiger partial charge is 0.311 e. The molecule has 0 spiro atoms. The second-order valence-electron chi connectivity index (χ2n) is 9.37. The first-order valence-corrected chi connectivity index (χ1v) is 14.4. The number of hydrogen-bond acceptors (Lipinski definition) is 1. The van der Waals surface area contributed by atoms with Crippen LogP contribution < -0.4 is 4.90 Å². The lowest BCUT2D eigenvalue weighted by Crippen LogP contribution is -2.09. The number of para-hydroxylation sites is 1. The lowest BCUT2D eigenvalue weighted by atomic mass is 10.00. The Bertz CT molecular complexity index is 1660. The maximum Gasteiger partial charge on any atom is 0.0462 e. The summed E-state index contributed by atoms with van der Waals surface area (Å²) in [4.78, 5) is 2.30. The maximum absolute atomic E-state index is 3.59. The summed E-state index contributed by atoms with van der Waals surface area (Å²) in [6, 6.07) is 53.7. The van der Waals surface area contributed by atoms with Crippen molar-refractivity contribution in [1.82, 2.24) is 0 Å². The van der Waals surface area contributed by atoms with Crippen LogP contribution in [0.25, 0.3) is 33.4 Å². The van der Waals surface area contributed by atoms with E-state index in [1.807, 2.05) is 0 Å². The van der Waals surface area contributed by atoms with Crippen molar-refractivity contribution in [3.05, 3.63) is 161 Å². The molecule has 0 amide bonds. The molecule has 0 saturated carbocycles. The van der Waals surface area contributed by atoms with Gasteiger partial charge in [-0.3, -0.25) is 0 Å². The Kier molecular flexibility index (Phi) is 7.44. The molecule has 0 fully saturated rings. The van der Waals surface area contributed by atoms with Gasteiger partial charge in [-0.05, 0) is 88.0 Å². The molecule has 6 rings (SSSR count). The van der Waals surface area contributed by atoms with E-state index in [1.165, 1.54) is 33.4 Å². The first-order valence-electron chi connectivity index (χ1n) is 12.8. The van der Waals surface area contributed by atoms with Crippen molar-refractivity contribution in [2.24, 2.45) is 0 Å². The van der Waals surface area contributed by atoms with Crippen molar-refractivity contribution in [1.29, 1.82) is 0 Å². The van der Waals surface area contributed by atoms with Crippen molar-refractivity contribution in [3.8, 4) is 33.4 Å². The highest BCUT2D eigenvalue weighted by molar-refractivity contribution is 9.11. The first kappa shape index (κ1) is 25.4. The van der Waals surface area contributed by atoms with Gasteiger partial charge in [-0.1, -0.05) is 129 Å². The molecule has 6 aromatic rings. The molecule has 39 heavy (non-hydrogen) atoms. The molecule has 0 saturated heterocycles. The second kappa shape index (κ2) is 11.4. The molecule has 0 unspecified atom stereocenters. The molecule has 188 valence electrons. The van der Waals surface area contributed by atoms with E-state index < -0.39 is 0 Å². The third kappa shape index (κ3) is 5.75. The van der Waals surface area contributed by atoms with Crippen molar-refractivity contribution in [2.75, 3.05) is 4.90 Å². The van der Waals surface area contributed by atoms with E-state index in [0.29, 0.717) is 0 Å². The minimum absolute atomic E-state index is 1.06. The highest BCUT2D eigenvalue weighted by Crippen LogP contribution is 2.37. The van der Waals surface area contributed by atoms with Crippen LogP contribution in [0.15, 0.2) is 161 Å². The van der Waals surface area contributed by atoms with Crippen molar-refractivity contribution in [2.45, 2.75) is 0 Å². The molecule has 0 bridgehead atoms. The predicted octanol–water partition coefficient (Wildman–Crippen LogP) is 11.7. The van der Waals surface area contributed by atoms with Crippen LogP contribution in [0.1, 0.15) is 0 Å². The zero-order valence-corrected chi connectivity index (χ0v) is 24.3. The molecule has 0 atom stereocenters. The van der Waals surface area contributed by atoms with Crippen LogP contribution in [0.2, 0.25) is 0 Å². The van der Waals surface area contributed by atoms with Crippen LogP contribution in [0.5, 0.6) is 0 Å². The van der Waals surface area contributed by atoms with E-state index in [1.54, 1.807) is 0 Å². The first-order chi connectivity index (χ1) is 19.1. The minimum Gasteiger partial charge on any atom is -0.311 e. The highest BCUT2D eigenvalue weighted by Gasteiger charge is 2.13. The molecular formula is C36H25Br2N. The van der Waals surface area contributed by atoms with E-state index in [-0.39, 0.29) is 0 Å². The number of hydrogen-bond donors (Lipinski definition) is 0. The summed E-state index contributed by atoms with van der Waals surface area (Å²) < 4.78 is 2.12. The number of anilines is 3. The van der Waals surface area contributed by atoms with Gasteiger partial charge >= 0.3 is 0 Å². The topological polar surface area (TPSA) is 3.24 Å². The number of benzene rings is 6. The van der Waals surface area contributed by atoms with E-state index in [9.17, 15) is 0 Å². The van der Waals surface area contributed by atoms with Gasteiger partial charge in [0.2, 0.25) is 0 Å². The smallest absolute Gasteiger partial charge is 0.0462 e. The standard InChI is InChI=1S/C36H25Br2N/c37-32-23-31(24-33(38)25-32)30-13-11-27(12-14-30)29-17-21-36(22-18-29)39(34-9-5-2-6-10-34)35-19-15-28(16-20-35)26-7-3-1-4-8-26/h1-25H. The van der Waals surface area contributed by atoms with Gasteiger partial charge in [0.05, 0.1) is 0 Å². The molecule has 3 heteroatoms. The van der Waals surface area contributed by atoms with Gasteiger partial charge in [0.1, 0.15) is 0 Å². The van der Waals surface area contributed by atoms with Gasteiger partial charge in [-0.2, -0.15) is 0 Å². The Balaban J connectivity index is 1.30. The Morgan fingerprint density at radius 3 is 1.10 bits per heavy atom. The van der Waals surface area contributed by atoms with E-state index in [4.69, 9.17) is 0 Å². The number of halogens is 2. The van der Waals surface area contributed by atoms with Crippen LogP contribution in [0.3, 0.4) is 0 Å². The summed E-state index contributed by atoms with van der Waals surface area (Å²) in [6.07, 6.45) is 0. The molecule has 0 aliphatic heterocycles. The molecule has 0 N–H and O–H groups in total. The van der Waals surface area contributed by atoms with E-state index >= 15 is 0 Å². The normalized spacial score (nSPS) is 10.8. The average molecular weight is 631 g/mol. The van der Waals surface area contributed by atoms with Crippen LogP contribution in [-0.4, -0.2) is 0 Å². The highest BCUT2D eigenvalue weighted by atomic mass is 79.9. The third-order valence-electron chi connectivity index (χ3n) is 6.79. The van der Waals surface area contributed by atoms with Gasteiger partial charge in [-0.25, -0.2) is 0 Å². The molecular weight excluding hydrogens is 606 g/mol. The Labute approximate surface area is 246 Å². The summed E-state index contributed by atoms with van der Waals surface area (Å²) in [5.74, 6) is 0. The predicted molar refractivity (Wildman–Crippen MR) is 173 cm³/mol. The fourth-order valence-corrected chi connectivity index (χ4v) is 6.13. The van der Waals surface area contributed by atoms with Crippen molar-refractivity contribution >= 4 is 48.9 Å². The third-order valence-corrected chi connectivity index (χ3v) is 7.70. The average Bonchev–Trinajstić information content (AvgIpc) is 2.99. The Hall–Kier alpha value is -3.92. The summed E-state index contributed by atoms with van der Waals surface area (Å²) >= 11 is 7.19. The molecule has 0 heterocycles. The molecule has 1 nitrogen and oxygen atoms in total. The quantitative estimate of drug-likeness (QED) is 0.177. The number of rotatable bonds is 6. The van der Waals surface area contributed by atoms with Crippen LogP contribution >= 0.6 is 31.9 Å². The Morgan fingerprint density at radius 2 is 0.641 bits per heavy atom. The molecule has 0 aliphatic rings. The van der Waals surface area contributed by atoms with Crippen molar-refractivity contribution in [3.63, 3.8) is 0 Å². The van der Waals surface area contributed by atoms with Gasteiger partial charge in [0.25, 0.3) is 0 Å². The van der Waals surface area contributed by atoms with E-state index in [2.05, 4.69) is 188 Å². The summed E-state index contributed by atoms with van der Waals surface area (Å²) in [7, 11) is 0. The fourth-order valence-electron chi connectivity index (χ4n) is 4.84. The monoisotopic (exact) mass is 629 g/mol. The zero-order chi connectivity index (χ0) is 26.6. The van der Waals surface area contributed by atoms with Gasteiger partial charge in [0, 0.05) is 26.0 Å². The molecule has 0 aliphatic carbocycles. The van der Waals surface area contributed by atoms with Crippen LogP contribution in [-0.2, 0) is 0 Å². The minimum atomic E-state index is 1.06. The van der Waals surface area contributed by atoms with Crippen molar-refractivity contribution < 1.29 is 0 Å². The van der Waals surface area contributed by atoms with Crippen LogP contribution in [0.4, 0.5) is 17.1 Å². The van der Waals surface area contributed by atoms with Gasteiger partial charge < -0.3 is 4.90 Å². The summed E-state index contributed by atoms with van der Waals surface area (Å²) in [6.45, 7) is 0. The summed E-state index contributed by atoms with van der Waals surface area (Å²) in [5.41, 5.74) is 10.5. The van der Waals surface area contributed by atoms with E-state index in [0.717, 1.165) is 26.0 Å². The maximum atomic E-state index is 3.59. The number of nitrogens with zero attached hydrogens (tertiary/aromatic N) is 1. The lowest BCUT2D eigenvalue weighted by Gasteiger charge is -2.26. The molecule has 0 aromatic heterocycles. The van der Waals surface area contributed by atoms with Gasteiger partial charge in [0.15, 0.2) is 0 Å². The van der Waals surface area contributed by atoms with Gasteiger partial charge in [-0.15, -0.1) is 0 Å². The summed E-state index contributed by atoms with van der Waals surface area (Å²) in [5, 5.41) is 0. The SMILES string of the molecule is Brc1cc(Br)cc(-c2ccc(-c3ccc(N(c4ccccc4)c4ccc(-c5ccccc5)cc4)cc3)cc2)c1. The molecule has 0 radical (unpaired) electrons. The second-order valence-corrected chi connectivity index (χ2v) is 11.2.